The van der Waals surface area contributed by atoms with Crippen LogP contribution in [0, 0.1) is 5.92 Å². The number of nitrogens with two attached hydrogens (primary N) is 1. The number of nitrogens with zero attached hydrogens (tertiary/aromatic N) is 4. The molecule has 0 amide bonds. The SMILES string of the molecule is Cn1c(N)nc2c(ncn2CCC(CO)CO)c1=O. The van der Waals surface area contributed by atoms with E-state index in [1.54, 1.807) is 4.57 Å². The average Bonchev–Trinajstić information content (AvgIpc) is 2.80. The quantitative estimate of drug-likeness (QED) is 0.619. The van der Waals surface area contributed by atoms with Gasteiger partial charge in [0.1, 0.15) is 0 Å². The van der Waals surface area contributed by atoms with E-state index < -0.39 is 0 Å². The maximum absolute atomic E-state index is 11.9. The van der Waals surface area contributed by atoms with Gasteiger partial charge in [-0.05, 0) is 6.42 Å². The lowest BCUT2D eigenvalue weighted by molar-refractivity contribution is 0.140. The van der Waals surface area contributed by atoms with E-state index in [0.717, 1.165) is 0 Å². The first-order valence-electron chi connectivity index (χ1n) is 5.97. The predicted molar refractivity (Wildman–Crippen MR) is 69.5 cm³/mol. The zero-order valence-corrected chi connectivity index (χ0v) is 10.7. The molecule has 104 valence electrons. The first-order valence-corrected chi connectivity index (χ1v) is 5.97. The normalized spacial score (nSPS) is 11.6. The van der Waals surface area contributed by atoms with Crippen molar-refractivity contribution >= 4 is 17.1 Å². The maximum atomic E-state index is 11.9. The molecule has 2 rings (SSSR count). The molecule has 2 heterocycles. The first kappa shape index (κ1) is 13.5. The zero-order chi connectivity index (χ0) is 14.0. The molecule has 0 radical (unpaired) electrons. The van der Waals surface area contributed by atoms with Gasteiger partial charge in [0, 0.05) is 32.7 Å². The summed E-state index contributed by atoms with van der Waals surface area (Å²) in [7, 11) is 1.54. The number of aliphatic hydroxyl groups is 2. The highest BCUT2D eigenvalue weighted by molar-refractivity contribution is 5.70. The van der Waals surface area contributed by atoms with Gasteiger partial charge in [-0.15, -0.1) is 0 Å². The molecule has 0 spiro atoms. The van der Waals surface area contributed by atoms with E-state index in [2.05, 4.69) is 9.97 Å². The molecule has 0 saturated heterocycles. The van der Waals surface area contributed by atoms with Crippen molar-refractivity contribution in [3.63, 3.8) is 0 Å². The van der Waals surface area contributed by atoms with Crippen LogP contribution in [0.4, 0.5) is 5.95 Å². The largest absolute Gasteiger partial charge is 0.396 e. The second-order valence-electron chi connectivity index (χ2n) is 4.46. The number of fused-ring (bicyclic) bond motifs is 1. The number of anilines is 1. The minimum absolute atomic E-state index is 0.0829. The van der Waals surface area contributed by atoms with E-state index in [1.165, 1.54) is 17.9 Å². The van der Waals surface area contributed by atoms with Gasteiger partial charge in [-0.2, -0.15) is 4.98 Å². The second kappa shape index (κ2) is 5.37. The molecule has 0 bridgehead atoms. The van der Waals surface area contributed by atoms with E-state index in [0.29, 0.717) is 18.6 Å². The van der Waals surface area contributed by atoms with Gasteiger partial charge in [-0.25, -0.2) is 4.98 Å². The van der Waals surface area contributed by atoms with Gasteiger partial charge in [-0.3, -0.25) is 9.36 Å². The zero-order valence-electron chi connectivity index (χ0n) is 10.7. The molecule has 0 atom stereocenters. The van der Waals surface area contributed by atoms with Crippen molar-refractivity contribution < 1.29 is 10.2 Å². The predicted octanol–water partition coefficient (Wildman–Crippen LogP) is -1.30. The molecule has 2 aromatic heterocycles. The van der Waals surface area contributed by atoms with Gasteiger partial charge < -0.3 is 20.5 Å². The molecule has 8 heteroatoms. The highest BCUT2D eigenvalue weighted by Crippen LogP contribution is 2.11. The van der Waals surface area contributed by atoms with Gasteiger partial charge >= 0.3 is 0 Å². The Balaban J connectivity index is 2.33. The lowest BCUT2D eigenvalue weighted by Gasteiger charge is -2.11. The molecule has 0 aromatic carbocycles. The molecule has 2 aromatic rings. The first-order chi connectivity index (χ1) is 9.08. The lowest BCUT2D eigenvalue weighted by Crippen LogP contribution is -2.22. The van der Waals surface area contributed by atoms with Crippen molar-refractivity contribution in [2.24, 2.45) is 13.0 Å². The number of hydrogen-bond acceptors (Lipinski definition) is 6. The summed E-state index contributed by atoms with van der Waals surface area (Å²) in [6.45, 7) is 0.336. The van der Waals surface area contributed by atoms with E-state index in [4.69, 9.17) is 15.9 Å². The fraction of sp³-hybridized carbons (Fsp3) is 0.545. The Bertz CT molecular complexity index is 629. The summed E-state index contributed by atoms with van der Waals surface area (Å²) in [4.78, 5) is 20.1. The van der Waals surface area contributed by atoms with E-state index in [-0.39, 0.29) is 36.2 Å². The fourth-order valence-electron chi connectivity index (χ4n) is 1.82. The standard InChI is InChI=1S/C11H17N5O3/c1-15-10(19)8-9(14-11(15)12)16(6-13-8)3-2-7(4-17)5-18/h6-7,17-18H,2-5H2,1H3,(H2,12,14). The van der Waals surface area contributed by atoms with Crippen LogP contribution in [0.25, 0.3) is 11.2 Å². The van der Waals surface area contributed by atoms with Crippen LogP contribution >= 0.6 is 0 Å². The molecular weight excluding hydrogens is 250 g/mol. The topological polar surface area (TPSA) is 119 Å². The van der Waals surface area contributed by atoms with Crippen LogP contribution < -0.4 is 11.3 Å². The summed E-state index contributed by atoms with van der Waals surface area (Å²) < 4.78 is 2.94. The molecule has 0 aliphatic rings. The maximum Gasteiger partial charge on any atom is 0.282 e. The third-order valence-electron chi connectivity index (χ3n) is 3.18. The molecule has 0 aliphatic carbocycles. The average molecular weight is 267 g/mol. The van der Waals surface area contributed by atoms with E-state index in [9.17, 15) is 4.79 Å². The molecule has 8 nitrogen and oxygen atoms in total. The van der Waals surface area contributed by atoms with Crippen molar-refractivity contribution in [2.45, 2.75) is 13.0 Å². The van der Waals surface area contributed by atoms with Crippen molar-refractivity contribution in [2.75, 3.05) is 18.9 Å². The molecule has 0 unspecified atom stereocenters. The number of aliphatic hydroxyl groups excluding tert-OH is 2. The third kappa shape index (κ3) is 2.45. The summed E-state index contributed by atoms with van der Waals surface area (Å²) >= 11 is 0. The fourth-order valence-corrected chi connectivity index (χ4v) is 1.82. The Morgan fingerprint density at radius 3 is 2.74 bits per heavy atom. The van der Waals surface area contributed by atoms with Gasteiger partial charge in [0.05, 0.1) is 6.33 Å². The van der Waals surface area contributed by atoms with Crippen molar-refractivity contribution in [3.8, 4) is 0 Å². The number of imidazole rings is 1. The number of aryl methyl sites for hydroxylation is 1. The van der Waals surface area contributed by atoms with Gasteiger partial charge in [0.15, 0.2) is 11.2 Å². The molecule has 0 saturated carbocycles. The molecule has 0 fully saturated rings. The monoisotopic (exact) mass is 267 g/mol. The highest BCUT2D eigenvalue weighted by atomic mass is 16.3. The van der Waals surface area contributed by atoms with Crippen LogP contribution in [0.3, 0.4) is 0 Å². The second-order valence-corrected chi connectivity index (χ2v) is 4.46. The number of nitrogen functional groups attached to an aromatic ring is 1. The van der Waals surface area contributed by atoms with Crippen LogP contribution in [-0.4, -0.2) is 42.5 Å². The van der Waals surface area contributed by atoms with Gasteiger partial charge in [0.2, 0.25) is 5.95 Å². The Kier molecular flexibility index (Phi) is 3.82. The van der Waals surface area contributed by atoms with Crippen molar-refractivity contribution in [3.05, 3.63) is 16.7 Å². The minimum Gasteiger partial charge on any atom is -0.396 e. The highest BCUT2D eigenvalue weighted by Gasteiger charge is 2.13. The van der Waals surface area contributed by atoms with Gasteiger partial charge in [0.25, 0.3) is 5.56 Å². The van der Waals surface area contributed by atoms with E-state index >= 15 is 0 Å². The molecular formula is C11H17N5O3. The summed E-state index contributed by atoms with van der Waals surface area (Å²) in [6, 6.07) is 0. The summed E-state index contributed by atoms with van der Waals surface area (Å²) in [5.41, 5.74) is 6.06. The molecule has 4 N–H and O–H groups in total. The molecule has 19 heavy (non-hydrogen) atoms. The lowest BCUT2D eigenvalue weighted by atomic mass is 10.1. The Labute approximate surface area is 109 Å². The van der Waals surface area contributed by atoms with Crippen LogP contribution in [0.2, 0.25) is 0 Å². The third-order valence-corrected chi connectivity index (χ3v) is 3.18. The van der Waals surface area contributed by atoms with Crippen molar-refractivity contribution in [1.29, 1.82) is 0 Å². The number of rotatable bonds is 5. The van der Waals surface area contributed by atoms with Crippen LogP contribution in [-0.2, 0) is 13.6 Å². The summed E-state index contributed by atoms with van der Waals surface area (Å²) in [5, 5.41) is 18.0. The van der Waals surface area contributed by atoms with Gasteiger partial charge in [-0.1, -0.05) is 0 Å². The number of hydrogen-bond donors (Lipinski definition) is 3. The Morgan fingerprint density at radius 1 is 1.42 bits per heavy atom. The van der Waals surface area contributed by atoms with Crippen LogP contribution in [0.5, 0.6) is 0 Å². The summed E-state index contributed by atoms with van der Waals surface area (Å²) in [6.07, 6.45) is 2.08. The smallest absolute Gasteiger partial charge is 0.282 e. The van der Waals surface area contributed by atoms with Crippen LogP contribution in [0.1, 0.15) is 6.42 Å². The molecule has 0 aliphatic heterocycles. The Morgan fingerprint density at radius 2 is 2.11 bits per heavy atom. The van der Waals surface area contributed by atoms with Crippen LogP contribution in [0.15, 0.2) is 11.1 Å². The minimum atomic E-state index is -0.290. The number of aromatic nitrogens is 4. The Hall–Kier alpha value is -1.93. The van der Waals surface area contributed by atoms with Crippen molar-refractivity contribution in [1.82, 2.24) is 19.1 Å². The summed E-state index contributed by atoms with van der Waals surface area (Å²) in [5.74, 6) is -0.0681. The van der Waals surface area contributed by atoms with E-state index in [1.807, 2.05) is 0 Å².